The van der Waals surface area contributed by atoms with E-state index in [-0.39, 0.29) is 0 Å². The van der Waals surface area contributed by atoms with Crippen LogP contribution >= 0.6 is 0 Å². The average molecular weight is 95.2 g/mol. The van der Waals surface area contributed by atoms with Crippen LogP contribution in [0.5, 0.6) is 0 Å². The maximum Gasteiger partial charge on any atom is -0.0208 e. The van der Waals surface area contributed by atoms with Crippen LogP contribution in [0.3, 0.4) is 0 Å². The standard InChI is InChI=1S/C7H11/c1-3-6(2)7-4-5-7/h3,6-7H,1-2,4-5H2. The molecular weight excluding hydrogens is 84.1 g/mol. The van der Waals surface area contributed by atoms with Crippen molar-refractivity contribution < 1.29 is 0 Å². The molecule has 1 saturated carbocycles. The van der Waals surface area contributed by atoms with Crippen LogP contribution in [0.25, 0.3) is 0 Å². The van der Waals surface area contributed by atoms with Gasteiger partial charge in [-0.25, -0.2) is 0 Å². The van der Waals surface area contributed by atoms with E-state index in [0.29, 0.717) is 5.92 Å². The minimum absolute atomic E-state index is 0.528. The van der Waals surface area contributed by atoms with E-state index in [9.17, 15) is 0 Å². The van der Waals surface area contributed by atoms with Gasteiger partial charge in [-0.2, -0.15) is 0 Å². The van der Waals surface area contributed by atoms with Crippen LogP contribution in [0.1, 0.15) is 12.8 Å². The van der Waals surface area contributed by atoms with Crippen molar-refractivity contribution in [2.24, 2.45) is 11.8 Å². The van der Waals surface area contributed by atoms with E-state index in [2.05, 4.69) is 13.5 Å². The van der Waals surface area contributed by atoms with Crippen LogP contribution in [0, 0.1) is 18.8 Å². The minimum atomic E-state index is 0.528. The molecule has 0 aromatic heterocycles. The van der Waals surface area contributed by atoms with Gasteiger partial charge in [-0.1, -0.05) is 6.08 Å². The summed E-state index contributed by atoms with van der Waals surface area (Å²) < 4.78 is 0. The van der Waals surface area contributed by atoms with Gasteiger partial charge in [0.1, 0.15) is 0 Å². The van der Waals surface area contributed by atoms with Crippen molar-refractivity contribution in [3.8, 4) is 0 Å². The van der Waals surface area contributed by atoms with Crippen molar-refractivity contribution >= 4 is 0 Å². The highest BCUT2D eigenvalue weighted by Crippen LogP contribution is 2.36. The highest BCUT2D eigenvalue weighted by molar-refractivity contribution is 4.92. The molecule has 0 aromatic carbocycles. The molecule has 1 atom stereocenters. The van der Waals surface area contributed by atoms with Crippen molar-refractivity contribution in [1.29, 1.82) is 0 Å². The molecule has 0 aromatic rings. The normalized spacial score (nSPS) is 24.1. The molecular formula is C7H11. The molecule has 1 rings (SSSR count). The first-order valence-corrected chi connectivity index (χ1v) is 2.80. The van der Waals surface area contributed by atoms with E-state index in [1.54, 1.807) is 0 Å². The molecule has 0 spiro atoms. The second-order valence-electron chi connectivity index (χ2n) is 2.24. The first-order valence-electron chi connectivity index (χ1n) is 2.80. The van der Waals surface area contributed by atoms with E-state index >= 15 is 0 Å². The average Bonchev–Trinajstić information content (AvgIpc) is 2.44. The summed E-state index contributed by atoms with van der Waals surface area (Å²) in [6.45, 7) is 7.56. The molecule has 0 heteroatoms. The van der Waals surface area contributed by atoms with Gasteiger partial charge >= 0.3 is 0 Å². The van der Waals surface area contributed by atoms with Gasteiger partial charge in [-0.15, -0.1) is 6.58 Å². The molecule has 0 N–H and O–H groups in total. The summed E-state index contributed by atoms with van der Waals surface area (Å²) in [6, 6.07) is 0. The molecule has 7 heavy (non-hydrogen) atoms. The molecule has 1 unspecified atom stereocenters. The zero-order valence-corrected chi connectivity index (χ0v) is 4.56. The van der Waals surface area contributed by atoms with Gasteiger partial charge in [0.05, 0.1) is 0 Å². The quantitative estimate of drug-likeness (QED) is 0.460. The Bertz CT molecular complexity index is 70.1. The van der Waals surface area contributed by atoms with Crippen LogP contribution in [0.4, 0.5) is 0 Å². The van der Waals surface area contributed by atoms with Crippen LogP contribution < -0.4 is 0 Å². The Morgan fingerprint density at radius 1 is 1.57 bits per heavy atom. The molecule has 0 saturated heterocycles. The second kappa shape index (κ2) is 1.69. The van der Waals surface area contributed by atoms with Crippen molar-refractivity contribution in [3.63, 3.8) is 0 Å². The second-order valence-corrected chi connectivity index (χ2v) is 2.24. The summed E-state index contributed by atoms with van der Waals surface area (Å²) in [4.78, 5) is 0. The van der Waals surface area contributed by atoms with Gasteiger partial charge in [0, 0.05) is 0 Å². The highest BCUT2D eigenvalue weighted by Gasteiger charge is 2.25. The Hall–Kier alpha value is -0.260. The summed E-state index contributed by atoms with van der Waals surface area (Å²) in [5.41, 5.74) is 0. The number of rotatable bonds is 2. The highest BCUT2D eigenvalue weighted by atomic mass is 14.3. The zero-order chi connectivity index (χ0) is 5.28. The Balaban J connectivity index is 2.22. The van der Waals surface area contributed by atoms with E-state index < -0.39 is 0 Å². The number of hydrogen-bond acceptors (Lipinski definition) is 0. The lowest BCUT2D eigenvalue weighted by Crippen LogP contribution is -1.88. The minimum Gasteiger partial charge on any atom is -0.103 e. The molecule has 1 fully saturated rings. The van der Waals surface area contributed by atoms with Gasteiger partial charge in [-0.05, 0) is 31.6 Å². The molecule has 0 amide bonds. The Morgan fingerprint density at radius 3 is 2.29 bits per heavy atom. The topological polar surface area (TPSA) is 0 Å². The van der Waals surface area contributed by atoms with Crippen LogP contribution in [0.15, 0.2) is 12.7 Å². The predicted molar refractivity (Wildman–Crippen MR) is 31.8 cm³/mol. The summed E-state index contributed by atoms with van der Waals surface area (Å²) in [5.74, 6) is 1.41. The van der Waals surface area contributed by atoms with Crippen LogP contribution in [-0.4, -0.2) is 0 Å². The third-order valence-electron chi connectivity index (χ3n) is 1.53. The van der Waals surface area contributed by atoms with Gasteiger partial charge in [-0.3, -0.25) is 0 Å². The maximum atomic E-state index is 3.90. The van der Waals surface area contributed by atoms with E-state index in [1.807, 2.05) is 6.08 Å². The Morgan fingerprint density at radius 2 is 2.14 bits per heavy atom. The Labute approximate surface area is 45.2 Å². The lowest BCUT2D eigenvalue weighted by Gasteiger charge is -1.97. The molecule has 0 nitrogen and oxygen atoms in total. The third-order valence-corrected chi connectivity index (χ3v) is 1.53. The Kier molecular flexibility index (Phi) is 1.18. The monoisotopic (exact) mass is 95.1 g/mol. The first kappa shape index (κ1) is 4.89. The molecule has 0 heterocycles. The molecule has 1 radical (unpaired) electrons. The number of allylic oxidation sites excluding steroid dienone is 1. The fourth-order valence-electron chi connectivity index (χ4n) is 0.717. The van der Waals surface area contributed by atoms with Crippen molar-refractivity contribution in [2.45, 2.75) is 12.8 Å². The largest absolute Gasteiger partial charge is 0.103 e. The van der Waals surface area contributed by atoms with Crippen molar-refractivity contribution in [3.05, 3.63) is 19.6 Å². The smallest absolute Gasteiger partial charge is 0.0208 e. The van der Waals surface area contributed by atoms with Crippen LogP contribution in [-0.2, 0) is 0 Å². The molecule has 1 aliphatic carbocycles. The number of hydrogen-bond donors (Lipinski definition) is 0. The van der Waals surface area contributed by atoms with Crippen molar-refractivity contribution in [1.82, 2.24) is 0 Å². The van der Waals surface area contributed by atoms with E-state index in [0.717, 1.165) is 5.92 Å². The summed E-state index contributed by atoms with van der Waals surface area (Å²) in [5, 5.41) is 0. The van der Waals surface area contributed by atoms with Gasteiger partial charge < -0.3 is 0 Å². The summed E-state index contributed by atoms with van der Waals surface area (Å²) in [7, 11) is 0. The SMILES string of the molecule is [CH2]C(C=C)C1CC1. The van der Waals surface area contributed by atoms with Gasteiger partial charge in [0.25, 0.3) is 0 Å². The third kappa shape index (κ3) is 1.05. The van der Waals surface area contributed by atoms with Gasteiger partial charge in [0.15, 0.2) is 0 Å². The fourth-order valence-corrected chi connectivity index (χ4v) is 0.717. The lowest BCUT2D eigenvalue weighted by atomic mass is 10.1. The van der Waals surface area contributed by atoms with Gasteiger partial charge in [0.2, 0.25) is 0 Å². The lowest BCUT2D eigenvalue weighted by molar-refractivity contribution is 0.693. The zero-order valence-electron chi connectivity index (χ0n) is 4.56. The van der Waals surface area contributed by atoms with Crippen molar-refractivity contribution in [2.75, 3.05) is 0 Å². The first-order chi connectivity index (χ1) is 3.34. The molecule has 0 aliphatic heterocycles. The molecule has 0 bridgehead atoms. The maximum absolute atomic E-state index is 3.90. The summed E-state index contributed by atoms with van der Waals surface area (Å²) in [6.07, 6.45) is 4.69. The molecule has 39 valence electrons. The summed E-state index contributed by atoms with van der Waals surface area (Å²) >= 11 is 0. The van der Waals surface area contributed by atoms with Crippen LogP contribution in [0.2, 0.25) is 0 Å². The molecule has 1 aliphatic rings. The predicted octanol–water partition coefficient (Wildman–Crippen LogP) is 2.03. The fraction of sp³-hybridized carbons (Fsp3) is 0.571. The van der Waals surface area contributed by atoms with E-state index in [4.69, 9.17) is 0 Å². The van der Waals surface area contributed by atoms with E-state index in [1.165, 1.54) is 12.8 Å².